The number of carboxylic acids is 1. The minimum Gasteiger partial charge on any atom is -0.481 e. The molecule has 3 N–H and O–H groups in total. The zero-order valence-electron chi connectivity index (χ0n) is 17.1. The summed E-state index contributed by atoms with van der Waals surface area (Å²) in [4.78, 5) is 27.0. The summed E-state index contributed by atoms with van der Waals surface area (Å²) in [6, 6.07) is 17.1. The van der Waals surface area contributed by atoms with Gasteiger partial charge in [-0.3, -0.25) is 9.59 Å². The summed E-state index contributed by atoms with van der Waals surface area (Å²) in [6.07, 6.45) is 1.68. The van der Waals surface area contributed by atoms with E-state index in [1.165, 1.54) is 23.5 Å². The Morgan fingerprint density at radius 2 is 1.79 bits per heavy atom. The molecule has 2 aromatic carbocycles. The quantitative estimate of drug-likeness (QED) is 0.401. The molecule has 0 radical (unpaired) electrons. The molecular formula is C22H17N3O6S2. The van der Waals surface area contributed by atoms with Crippen LogP contribution in [0, 0.1) is 0 Å². The van der Waals surface area contributed by atoms with Gasteiger partial charge < -0.3 is 9.52 Å². The molecule has 0 saturated carbocycles. The fourth-order valence-electron chi connectivity index (χ4n) is 3.14. The van der Waals surface area contributed by atoms with E-state index >= 15 is 0 Å². The second-order valence-electron chi connectivity index (χ2n) is 6.92. The van der Waals surface area contributed by atoms with Crippen LogP contribution in [0.15, 0.2) is 74.8 Å². The van der Waals surface area contributed by atoms with Crippen LogP contribution in [-0.2, 0) is 14.8 Å². The first-order valence-electron chi connectivity index (χ1n) is 9.48. The smallest absolute Gasteiger partial charge is 0.300 e. The van der Waals surface area contributed by atoms with Crippen molar-refractivity contribution in [3.8, 4) is 11.3 Å². The third-order valence-corrected chi connectivity index (χ3v) is 6.41. The van der Waals surface area contributed by atoms with Gasteiger partial charge in [0.1, 0.15) is 16.1 Å². The maximum Gasteiger partial charge on any atom is 0.300 e. The van der Waals surface area contributed by atoms with E-state index in [-0.39, 0.29) is 10.5 Å². The second kappa shape index (κ2) is 8.62. The lowest BCUT2D eigenvalue weighted by Crippen LogP contribution is -2.22. The number of hydrogen-bond donors (Lipinski definition) is 2. The van der Waals surface area contributed by atoms with Crippen LogP contribution in [0.4, 0.5) is 0 Å². The lowest BCUT2D eigenvalue weighted by atomic mass is 10.2. The highest BCUT2D eigenvalue weighted by atomic mass is 32.2. The first-order chi connectivity index (χ1) is 15.6. The van der Waals surface area contributed by atoms with Crippen LogP contribution in [-0.4, -0.2) is 28.9 Å². The first kappa shape index (κ1) is 22.4. The highest BCUT2D eigenvalue weighted by Crippen LogP contribution is 2.24. The summed E-state index contributed by atoms with van der Waals surface area (Å²) in [7, 11) is -3.74. The number of thiazole rings is 1. The maximum absolute atomic E-state index is 12.8. The van der Waals surface area contributed by atoms with Gasteiger partial charge in [-0.1, -0.05) is 23.5 Å². The van der Waals surface area contributed by atoms with Gasteiger partial charge in [0.25, 0.3) is 11.5 Å². The van der Waals surface area contributed by atoms with Gasteiger partial charge in [-0.2, -0.15) is 0 Å². The van der Waals surface area contributed by atoms with Crippen LogP contribution in [0.3, 0.4) is 0 Å². The molecule has 0 fully saturated rings. The topological polar surface area (TPSA) is 145 Å². The molecule has 168 valence electrons. The zero-order chi connectivity index (χ0) is 23.8. The van der Waals surface area contributed by atoms with Crippen molar-refractivity contribution in [1.82, 2.24) is 9.38 Å². The number of rotatable bonds is 3. The summed E-state index contributed by atoms with van der Waals surface area (Å²) >= 11 is 1.30. The van der Waals surface area contributed by atoms with Gasteiger partial charge in [0.05, 0.1) is 15.9 Å². The molecule has 0 aliphatic rings. The highest BCUT2D eigenvalue weighted by Gasteiger charge is 2.12. The summed E-state index contributed by atoms with van der Waals surface area (Å²) in [6.45, 7) is 1.08. The van der Waals surface area contributed by atoms with Gasteiger partial charge in [-0.15, -0.1) is 0 Å². The molecule has 33 heavy (non-hydrogen) atoms. The SMILES string of the molecule is CC(=O)O.NS(=O)(=O)c1ccc(-c2ccc(/C=c3\sc4nc5ccccc5n4c3=O)o2)cc1. The Kier molecular flexibility index (Phi) is 5.85. The number of nitrogens with two attached hydrogens (primary N) is 1. The molecule has 0 saturated heterocycles. The number of sulfonamides is 1. The fraction of sp³-hybridized carbons (Fsp3) is 0.0455. The monoisotopic (exact) mass is 483 g/mol. The van der Waals surface area contributed by atoms with Crippen molar-refractivity contribution in [2.24, 2.45) is 5.14 Å². The number of carboxylic acid groups (broad SMARTS) is 1. The Labute approximate surface area is 191 Å². The molecule has 11 heteroatoms. The van der Waals surface area contributed by atoms with E-state index in [4.69, 9.17) is 19.5 Å². The average Bonchev–Trinajstić information content (AvgIpc) is 3.43. The van der Waals surface area contributed by atoms with Gasteiger partial charge in [0.2, 0.25) is 10.0 Å². The Balaban J connectivity index is 0.000000601. The Bertz CT molecular complexity index is 1690. The van der Waals surface area contributed by atoms with Gasteiger partial charge in [0, 0.05) is 18.6 Å². The van der Waals surface area contributed by atoms with Crippen LogP contribution < -0.4 is 15.2 Å². The van der Waals surface area contributed by atoms with Gasteiger partial charge in [-0.05, 0) is 48.5 Å². The lowest BCUT2D eigenvalue weighted by molar-refractivity contribution is -0.134. The van der Waals surface area contributed by atoms with Crippen LogP contribution in [0.25, 0.3) is 33.4 Å². The highest BCUT2D eigenvalue weighted by molar-refractivity contribution is 7.89. The molecule has 5 aromatic rings. The van der Waals surface area contributed by atoms with Crippen molar-refractivity contribution in [2.45, 2.75) is 11.8 Å². The molecule has 3 heterocycles. The third-order valence-electron chi connectivity index (χ3n) is 4.51. The van der Waals surface area contributed by atoms with E-state index in [1.54, 1.807) is 34.7 Å². The molecular weight excluding hydrogens is 466 g/mol. The van der Waals surface area contributed by atoms with Crippen molar-refractivity contribution in [3.63, 3.8) is 0 Å². The van der Waals surface area contributed by atoms with Crippen molar-refractivity contribution < 1.29 is 22.7 Å². The van der Waals surface area contributed by atoms with E-state index < -0.39 is 16.0 Å². The number of imidazole rings is 1. The van der Waals surface area contributed by atoms with E-state index in [0.717, 1.165) is 18.0 Å². The van der Waals surface area contributed by atoms with Crippen LogP contribution in [0.2, 0.25) is 0 Å². The predicted molar refractivity (Wildman–Crippen MR) is 124 cm³/mol. The minimum atomic E-state index is -3.74. The van der Waals surface area contributed by atoms with Crippen molar-refractivity contribution in [1.29, 1.82) is 0 Å². The average molecular weight is 484 g/mol. The molecule has 0 bridgehead atoms. The first-order valence-corrected chi connectivity index (χ1v) is 11.8. The third kappa shape index (κ3) is 4.70. The molecule has 9 nitrogen and oxygen atoms in total. The molecule has 0 spiro atoms. The Morgan fingerprint density at radius 3 is 2.45 bits per heavy atom. The van der Waals surface area contributed by atoms with E-state index in [9.17, 15) is 13.2 Å². The Morgan fingerprint density at radius 1 is 1.12 bits per heavy atom. The standard InChI is InChI=1S/C20H13N3O4S2.C2H4O2/c21-29(25,26)14-8-5-12(6-9-14)17-10-7-13(27-17)11-18-19(24)23-16-4-2-1-3-15(16)22-20(23)28-18;1-2(3)4/h1-11H,(H2,21,25,26);1H3,(H,3,4)/b18-11-;. The molecule has 0 aliphatic heterocycles. The number of carbonyl (C=O) groups is 1. The summed E-state index contributed by atoms with van der Waals surface area (Å²) in [5, 5.41) is 12.5. The van der Waals surface area contributed by atoms with E-state index in [1.807, 2.05) is 24.3 Å². The van der Waals surface area contributed by atoms with Gasteiger partial charge >= 0.3 is 0 Å². The number of fused-ring (bicyclic) bond motifs is 3. The van der Waals surface area contributed by atoms with Crippen molar-refractivity contribution in [2.75, 3.05) is 0 Å². The van der Waals surface area contributed by atoms with Crippen molar-refractivity contribution >= 4 is 49.4 Å². The van der Waals surface area contributed by atoms with Gasteiger partial charge in [0.15, 0.2) is 4.96 Å². The molecule has 0 aliphatic carbocycles. The van der Waals surface area contributed by atoms with Crippen LogP contribution in [0.1, 0.15) is 12.7 Å². The zero-order valence-corrected chi connectivity index (χ0v) is 18.8. The summed E-state index contributed by atoms with van der Waals surface area (Å²) in [5.41, 5.74) is 2.12. The van der Waals surface area contributed by atoms with Gasteiger partial charge in [-0.25, -0.2) is 22.9 Å². The predicted octanol–water partition coefficient (Wildman–Crippen LogP) is 2.46. The number of furan rings is 1. The largest absolute Gasteiger partial charge is 0.481 e. The molecule has 3 aromatic heterocycles. The molecule has 0 unspecified atom stereocenters. The number of primary sulfonamides is 1. The number of benzene rings is 2. The summed E-state index contributed by atoms with van der Waals surface area (Å²) in [5.74, 6) is 0.234. The van der Waals surface area contributed by atoms with E-state index in [2.05, 4.69) is 4.98 Å². The van der Waals surface area contributed by atoms with Crippen molar-refractivity contribution in [3.05, 3.63) is 81.3 Å². The fourth-order valence-corrected chi connectivity index (χ4v) is 4.62. The number of para-hydroxylation sites is 2. The molecule has 0 amide bonds. The molecule has 0 atom stereocenters. The molecule has 5 rings (SSSR count). The summed E-state index contributed by atoms with van der Waals surface area (Å²) < 4.78 is 30.7. The van der Waals surface area contributed by atoms with Crippen LogP contribution in [0.5, 0.6) is 0 Å². The number of aromatic nitrogens is 2. The minimum absolute atomic E-state index is 0.0322. The number of hydrogen-bond acceptors (Lipinski definition) is 7. The van der Waals surface area contributed by atoms with E-state index in [0.29, 0.717) is 26.6 Å². The normalized spacial score (nSPS) is 12.1. The number of aliphatic carboxylic acids is 1. The van der Waals surface area contributed by atoms with Crippen LogP contribution >= 0.6 is 11.3 Å². The number of nitrogens with zero attached hydrogens (tertiary/aromatic N) is 2. The lowest BCUT2D eigenvalue weighted by Gasteiger charge is -2.00. The maximum atomic E-state index is 12.8. The second-order valence-corrected chi connectivity index (χ2v) is 9.50. The Hall–Kier alpha value is -3.80.